The summed E-state index contributed by atoms with van der Waals surface area (Å²) in [4.78, 5) is 21.2. The second-order valence-electron chi connectivity index (χ2n) is 7.34. The summed E-state index contributed by atoms with van der Waals surface area (Å²) >= 11 is 0. The minimum atomic E-state index is -0.0528. The molecule has 2 aromatic rings. The number of aliphatic hydroxyl groups is 1. The fourth-order valence-corrected chi connectivity index (χ4v) is 3.60. The van der Waals surface area contributed by atoms with Crippen LogP contribution in [0.4, 0.5) is 4.79 Å². The highest BCUT2D eigenvalue weighted by molar-refractivity contribution is 5.74. The molecule has 0 bridgehead atoms. The molecule has 7 nitrogen and oxygen atoms in total. The summed E-state index contributed by atoms with van der Waals surface area (Å²) in [7, 11) is 0. The second kappa shape index (κ2) is 8.51. The lowest BCUT2D eigenvalue weighted by molar-refractivity contribution is 0.0654. The molecule has 3 rings (SSSR count). The summed E-state index contributed by atoms with van der Waals surface area (Å²) in [6.45, 7) is 8.22. The lowest BCUT2D eigenvalue weighted by Gasteiger charge is -2.42. The van der Waals surface area contributed by atoms with E-state index >= 15 is 0 Å². The van der Waals surface area contributed by atoms with Crippen LogP contribution in [-0.4, -0.2) is 69.1 Å². The van der Waals surface area contributed by atoms with Crippen LogP contribution in [0.25, 0.3) is 5.65 Å². The SMILES string of the molecule is CC(C)CN1CCN(C(=O)NCc2cnc3ccccn23)C[C@H]1CCO. The minimum Gasteiger partial charge on any atom is -0.396 e. The van der Waals surface area contributed by atoms with Crippen molar-refractivity contribution >= 4 is 11.7 Å². The van der Waals surface area contributed by atoms with Crippen molar-refractivity contribution in [2.45, 2.75) is 32.9 Å². The normalized spacial score (nSPS) is 18.6. The van der Waals surface area contributed by atoms with Gasteiger partial charge < -0.3 is 19.7 Å². The minimum absolute atomic E-state index is 0.0528. The Bertz CT molecular complexity index is 730. The zero-order chi connectivity index (χ0) is 18.5. The summed E-state index contributed by atoms with van der Waals surface area (Å²) in [6.07, 6.45) is 4.44. The second-order valence-corrected chi connectivity index (χ2v) is 7.34. The van der Waals surface area contributed by atoms with E-state index in [1.807, 2.05) is 33.7 Å². The standard InChI is InChI=1S/C19H29N5O2/c1-15(2)13-22-8-9-23(14-16(22)6-10-25)19(26)21-12-17-11-20-18-5-3-4-7-24(17)18/h3-5,7,11,15-16,25H,6,8-10,12-14H2,1-2H3,(H,21,26)/t16-/m1/s1. The van der Waals surface area contributed by atoms with Gasteiger partial charge in [-0.2, -0.15) is 0 Å². The van der Waals surface area contributed by atoms with Crippen LogP contribution in [-0.2, 0) is 6.54 Å². The molecule has 0 spiro atoms. The fraction of sp³-hybridized carbons (Fsp3) is 0.579. The van der Waals surface area contributed by atoms with Crippen LogP contribution >= 0.6 is 0 Å². The third-order valence-electron chi connectivity index (χ3n) is 4.87. The van der Waals surface area contributed by atoms with Gasteiger partial charge in [0.25, 0.3) is 0 Å². The number of nitrogens with zero attached hydrogens (tertiary/aromatic N) is 4. The molecule has 0 aliphatic carbocycles. The van der Waals surface area contributed by atoms with Crippen molar-refractivity contribution in [2.75, 3.05) is 32.8 Å². The molecule has 2 aromatic heterocycles. The third kappa shape index (κ3) is 4.34. The molecule has 26 heavy (non-hydrogen) atoms. The Morgan fingerprint density at radius 2 is 2.23 bits per heavy atom. The topological polar surface area (TPSA) is 73.1 Å². The molecule has 1 saturated heterocycles. The number of hydrogen-bond donors (Lipinski definition) is 2. The molecule has 7 heteroatoms. The Balaban J connectivity index is 1.57. The Morgan fingerprint density at radius 3 is 3.00 bits per heavy atom. The Hall–Kier alpha value is -2.12. The first-order valence-corrected chi connectivity index (χ1v) is 9.37. The Kier molecular flexibility index (Phi) is 6.11. The number of carbonyl (C=O) groups excluding carboxylic acids is 1. The van der Waals surface area contributed by atoms with Crippen molar-refractivity contribution in [2.24, 2.45) is 5.92 Å². The van der Waals surface area contributed by atoms with Gasteiger partial charge >= 0.3 is 6.03 Å². The van der Waals surface area contributed by atoms with Crippen molar-refractivity contribution in [1.29, 1.82) is 0 Å². The largest absolute Gasteiger partial charge is 0.396 e. The number of carbonyl (C=O) groups is 1. The van der Waals surface area contributed by atoms with E-state index in [2.05, 4.69) is 29.0 Å². The van der Waals surface area contributed by atoms with E-state index in [9.17, 15) is 9.90 Å². The maximum absolute atomic E-state index is 12.6. The zero-order valence-electron chi connectivity index (χ0n) is 15.6. The van der Waals surface area contributed by atoms with Crippen LogP contribution in [0.5, 0.6) is 0 Å². The van der Waals surface area contributed by atoms with Crippen LogP contribution in [0, 0.1) is 5.92 Å². The van der Waals surface area contributed by atoms with Gasteiger partial charge in [0.15, 0.2) is 0 Å². The molecule has 142 valence electrons. The van der Waals surface area contributed by atoms with Gasteiger partial charge in [-0.05, 0) is 24.5 Å². The van der Waals surface area contributed by atoms with E-state index in [0.717, 1.165) is 24.4 Å². The van der Waals surface area contributed by atoms with E-state index in [0.29, 0.717) is 32.0 Å². The molecule has 1 aliphatic heterocycles. The van der Waals surface area contributed by atoms with Crippen molar-refractivity contribution in [3.05, 3.63) is 36.3 Å². The number of aromatic nitrogens is 2. The first kappa shape index (κ1) is 18.7. The summed E-state index contributed by atoms with van der Waals surface area (Å²) in [6, 6.07) is 6.01. The average molecular weight is 359 g/mol. The maximum Gasteiger partial charge on any atom is 0.317 e. The summed E-state index contributed by atoms with van der Waals surface area (Å²) < 4.78 is 1.98. The van der Waals surface area contributed by atoms with Crippen LogP contribution in [0.1, 0.15) is 26.0 Å². The highest BCUT2D eigenvalue weighted by atomic mass is 16.3. The van der Waals surface area contributed by atoms with Crippen molar-refractivity contribution in [3.8, 4) is 0 Å². The predicted octanol–water partition coefficient (Wildman–Crippen LogP) is 1.57. The quantitative estimate of drug-likeness (QED) is 0.821. The summed E-state index contributed by atoms with van der Waals surface area (Å²) in [5.41, 5.74) is 1.83. The van der Waals surface area contributed by atoms with Crippen molar-refractivity contribution < 1.29 is 9.90 Å². The van der Waals surface area contributed by atoms with Gasteiger partial charge in [-0.3, -0.25) is 4.90 Å². The molecule has 1 atom stereocenters. The van der Waals surface area contributed by atoms with Crippen LogP contribution in [0.3, 0.4) is 0 Å². The van der Waals surface area contributed by atoms with Crippen LogP contribution in [0.2, 0.25) is 0 Å². The van der Waals surface area contributed by atoms with Gasteiger partial charge in [-0.25, -0.2) is 9.78 Å². The lowest BCUT2D eigenvalue weighted by atomic mass is 10.1. The van der Waals surface area contributed by atoms with Gasteiger partial charge in [0, 0.05) is 45.0 Å². The highest BCUT2D eigenvalue weighted by Gasteiger charge is 2.29. The number of hydrogen-bond acceptors (Lipinski definition) is 4. The third-order valence-corrected chi connectivity index (χ3v) is 4.87. The number of fused-ring (bicyclic) bond motifs is 1. The molecule has 0 aromatic carbocycles. The molecule has 3 heterocycles. The van der Waals surface area contributed by atoms with E-state index in [4.69, 9.17) is 0 Å². The van der Waals surface area contributed by atoms with Gasteiger partial charge in [-0.15, -0.1) is 0 Å². The van der Waals surface area contributed by atoms with E-state index in [1.165, 1.54) is 0 Å². The molecule has 0 radical (unpaired) electrons. The predicted molar refractivity (Wildman–Crippen MR) is 101 cm³/mol. The Labute approximate surface area is 154 Å². The number of rotatable bonds is 6. The number of amides is 2. The van der Waals surface area contributed by atoms with Gasteiger partial charge in [0.2, 0.25) is 0 Å². The number of urea groups is 1. The summed E-state index contributed by atoms with van der Waals surface area (Å²) in [5, 5.41) is 12.4. The van der Waals surface area contributed by atoms with Gasteiger partial charge in [0.05, 0.1) is 18.4 Å². The maximum atomic E-state index is 12.6. The molecule has 1 fully saturated rings. The van der Waals surface area contributed by atoms with Crippen molar-refractivity contribution in [1.82, 2.24) is 24.5 Å². The number of pyridine rings is 1. The van der Waals surface area contributed by atoms with Crippen LogP contribution < -0.4 is 5.32 Å². The molecular weight excluding hydrogens is 330 g/mol. The molecule has 1 aliphatic rings. The fourth-order valence-electron chi connectivity index (χ4n) is 3.60. The molecule has 0 saturated carbocycles. The average Bonchev–Trinajstić information content (AvgIpc) is 3.04. The van der Waals surface area contributed by atoms with Gasteiger partial charge in [-0.1, -0.05) is 19.9 Å². The smallest absolute Gasteiger partial charge is 0.317 e. The summed E-state index contributed by atoms with van der Waals surface area (Å²) in [5.74, 6) is 0.576. The van der Waals surface area contributed by atoms with E-state index in [1.54, 1.807) is 6.20 Å². The van der Waals surface area contributed by atoms with E-state index in [-0.39, 0.29) is 18.7 Å². The molecule has 0 unspecified atom stereocenters. The first-order valence-electron chi connectivity index (χ1n) is 9.37. The zero-order valence-corrected chi connectivity index (χ0v) is 15.6. The highest BCUT2D eigenvalue weighted by Crippen LogP contribution is 2.15. The molecule has 2 amide bonds. The first-order chi connectivity index (χ1) is 12.6. The van der Waals surface area contributed by atoms with Crippen molar-refractivity contribution in [3.63, 3.8) is 0 Å². The Morgan fingerprint density at radius 1 is 1.38 bits per heavy atom. The van der Waals surface area contributed by atoms with E-state index < -0.39 is 0 Å². The molecule has 2 N–H and O–H groups in total. The number of imidazole rings is 1. The molecular formula is C19H29N5O2. The lowest BCUT2D eigenvalue weighted by Crippen LogP contribution is -2.57. The monoisotopic (exact) mass is 359 g/mol. The number of aliphatic hydroxyl groups excluding tert-OH is 1. The van der Waals surface area contributed by atoms with Gasteiger partial charge in [0.1, 0.15) is 5.65 Å². The number of nitrogens with one attached hydrogen (secondary N) is 1. The number of piperazine rings is 1. The van der Waals surface area contributed by atoms with Crippen LogP contribution in [0.15, 0.2) is 30.6 Å².